The van der Waals surface area contributed by atoms with Crippen molar-refractivity contribution in [3.05, 3.63) is 33.6 Å². The molecule has 0 amide bonds. The van der Waals surface area contributed by atoms with Crippen molar-refractivity contribution in [3.8, 4) is 0 Å². The van der Waals surface area contributed by atoms with Crippen molar-refractivity contribution in [2.24, 2.45) is 0 Å². The van der Waals surface area contributed by atoms with Gasteiger partial charge in [-0.2, -0.15) is 13.2 Å². The van der Waals surface area contributed by atoms with Gasteiger partial charge in [0.25, 0.3) is 5.69 Å². The molecule has 1 aliphatic rings. The van der Waals surface area contributed by atoms with Gasteiger partial charge in [-0.1, -0.05) is 0 Å². The van der Waals surface area contributed by atoms with E-state index in [-0.39, 0.29) is 11.6 Å². The minimum atomic E-state index is -4.59. The van der Waals surface area contributed by atoms with Crippen LogP contribution in [0.1, 0.15) is 30.0 Å². The summed E-state index contributed by atoms with van der Waals surface area (Å²) in [6, 6.07) is 0.556. The summed E-state index contributed by atoms with van der Waals surface area (Å²) in [4.78, 5) is 13.1. The van der Waals surface area contributed by atoms with E-state index in [0.29, 0.717) is 18.9 Å². The van der Waals surface area contributed by atoms with E-state index in [4.69, 9.17) is 0 Å². The Morgan fingerprint density at radius 2 is 2.06 bits per heavy atom. The number of aromatic nitrogens is 1. The molecule has 1 aromatic rings. The Balaban J connectivity index is 2.51. The molecule has 0 unspecified atom stereocenters. The first-order valence-electron chi connectivity index (χ1n) is 4.61. The highest BCUT2D eigenvalue weighted by molar-refractivity contribution is 5.38. The van der Waals surface area contributed by atoms with Gasteiger partial charge in [0.1, 0.15) is 6.20 Å². The molecule has 7 heteroatoms. The van der Waals surface area contributed by atoms with Gasteiger partial charge in [0.15, 0.2) is 0 Å². The Morgan fingerprint density at radius 3 is 2.50 bits per heavy atom. The maximum atomic E-state index is 12.6. The highest BCUT2D eigenvalue weighted by Gasteiger charge is 2.40. The van der Waals surface area contributed by atoms with Crippen LogP contribution in [-0.2, 0) is 6.18 Å². The normalized spacial score (nSPS) is 16.2. The fraction of sp³-hybridized carbons (Fsp3) is 0.444. The van der Waals surface area contributed by atoms with E-state index in [1.54, 1.807) is 0 Å². The molecular formula is C9H7F3N2O2. The van der Waals surface area contributed by atoms with Crippen LogP contribution >= 0.6 is 0 Å². The van der Waals surface area contributed by atoms with E-state index < -0.39 is 22.4 Å². The molecule has 2 rings (SSSR count). The summed E-state index contributed by atoms with van der Waals surface area (Å²) in [5.74, 6) is -0.197. The highest BCUT2D eigenvalue weighted by Crippen LogP contribution is 2.45. The monoisotopic (exact) mass is 232 g/mol. The Labute approximate surface area is 88.3 Å². The summed E-state index contributed by atoms with van der Waals surface area (Å²) < 4.78 is 37.9. The predicted molar refractivity (Wildman–Crippen MR) is 47.9 cm³/mol. The van der Waals surface area contributed by atoms with Crippen molar-refractivity contribution in [1.82, 2.24) is 4.98 Å². The van der Waals surface area contributed by atoms with Gasteiger partial charge < -0.3 is 0 Å². The molecule has 0 atom stereocenters. The third kappa shape index (κ3) is 1.98. The topological polar surface area (TPSA) is 56.0 Å². The molecule has 0 N–H and O–H groups in total. The standard InChI is InChI=1S/C9H7F3N2O2/c10-9(11,12)7-3-6(14(15)16)4-13-8(7)5-1-2-5/h3-5H,1-2H2. The first-order chi connectivity index (χ1) is 7.39. The molecule has 1 heterocycles. The summed E-state index contributed by atoms with van der Waals surface area (Å²) in [5.41, 5.74) is -1.68. The Bertz CT molecular complexity index is 441. The number of nitro groups is 1. The summed E-state index contributed by atoms with van der Waals surface area (Å²) in [6.07, 6.45) is -2.39. The number of halogens is 3. The molecule has 1 fully saturated rings. The van der Waals surface area contributed by atoms with Crippen molar-refractivity contribution in [2.45, 2.75) is 24.9 Å². The Kier molecular flexibility index (Phi) is 2.32. The molecule has 0 spiro atoms. The van der Waals surface area contributed by atoms with Gasteiger partial charge in [-0.15, -0.1) is 0 Å². The average Bonchev–Trinajstić information content (AvgIpc) is 2.98. The number of hydrogen-bond acceptors (Lipinski definition) is 3. The van der Waals surface area contributed by atoms with E-state index in [9.17, 15) is 23.3 Å². The van der Waals surface area contributed by atoms with Crippen molar-refractivity contribution < 1.29 is 18.1 Å². The van der Waals surface area contributed by atoms with Crippen molar-refractivity contribution in [2.75, 3.05) is 0 Å². The number of alkyl halides is 3. The van der Waals surface area contributed by atoms with E-state index in [2.05, 4.69) is 4.98 Å². The molecule has 4 nitrogen and oxygen atoms in total. The molecule has 1 aromatic heterocycles. The second-order valence-electron chi connectivity index (χ2n) is 3.66. The fourth-order valence-corrected chi connectivity index (χ4v) is 1.47. The zero-order chi connectivity index (χ0) is 11.9. The molecule has 0 aliphatic heterocycles. The first-order valence-corrected chi connectivity index (χ1v) is 4.61. The number of hydrogen-bond donors (Lipinski definition) is 0. The molecule has 0 aromatic carbocycles. The third-order valence-corrected chi connectivity index (χ3v) is 2.38. The summed E-state index contributed by atoms with van der Waals surface area (Å²) in [6.45, 7) is 0. The number of pyridine rings is 1. The minimum Gasteiger partial charge on any atom is -0.258 e. The molecule has 0 radical (unpaired) electrons. The second kappa shape index (κ2) is 3.43. The Morgan fingerprint density at radius 1 is 1.44 bits per heavy atom. The van der Waals surface area contributed by atoms with Gasteiger partial charge in [0, 0.05) is 12.0 Å². The van der Waals surface area contributed by atoms with Crippen LogP contribution in [0.15, 0.2) is 12.3 Å². The maximum absolute atomic E-state index is 12.6. The van der Waals surface area contributed by atoms with Crippen LogP contribution in [0.4, 0.5) is 18.9 Å². The molecule has 1 aliphatic carbocycles. The number of nitrogens with zero attached hydrogens (tertiary/aromatic N) is 2. The van der Waals surface area contributed by atoms with Crippen molar-refractivity contribution in [3.63, 3.8) is 0 Å². The molecule has 0 bridgehead atoms. The lowest BCUT2D eigenvalue weighted by Gasteiger charge is -2.10. The fourth-order valence-electron chi connectivity index (χ4n) is 1.47. The maximum Gasteiger partial charge on any atom is 0.418 e. The van der Waals surface area contributed by atoms with E-state index in [1.165, 1.54) is 0 Å². The first kappa shape index (κ1) is 10.8. The molecule has 16 heavy (non-hydrogen) atoms. The van der Waals surface area contributed by atoms with Crippen LogP contribution in [0.2, 0.25) is 0 Å². The van der Waals surface area contributed by atoms with Crippen LogP contribution in [0, 0.1) is 10.1 Å². The molecular weight excluding hydrogens is 225 g/mol. The summed E-state index contributed by atoms with van der Waals surface area (Å²) in [7, 11) is 0. The van der Waals surface area contributed by atoms with Crippen LogP contribution in [0.25, 0.3) is 0 Å². The van der Waals surface area contributed by atoms with E-state index in [0.717, 1.165) is 6.20 Å². The third-order valence-electron chi connectivity index (χ3n) is 2.38. The Hall–Kier alpha value is -1.66. The van der Waals surface area contributed by atoms with Crippen molar-refractivity contribution >= 4 is 5.69 Å². The molecule has 86 valence electrons. The van der Waals surface area contributed by atoms with Crippen LogP contribution in [0.3, 0.4) is 0 Å². The quantitative estimate of drug-likeness (QED) is 0.581. The number of rotatable bonds is 2. The smallest absolute Gasteiger partial charge is 0.258 e. The van der Waals surface area contributed by atoms with E-state index >= 15 is 0 Å². The van der Waals surface area contributed by atoms with Crippen LogP contribution in [0.5, 0.6) is 0 Å². The van der Waals surface area contributed by atoms with Gasteiger partial charge in [0.2, 0.25) is 0 Å². The zero-order valence-electron chi connectivity index (χ0n) is 7.99. The lowest BCUT2D eigenvalue weighted by molar-refractivity contribution is -0.385. The van der Waals surface area contributed by atoms with Gasteiger partial charge in [-0.25, -0.2) is 0 Å². The zero-order valence-corrected chi connectivity index (χ0v) is 7.99. The average molecular weight is 232 g/mol. The largest absolute Gasteiger partial charge is 0.418 e. The minimum absolute atomic E-state index is 0.0712. The summed E-state index contributed by atoms with van der Waals surface area (Å²) >= 11 is 0. The van der Waals surface area contributed by atoms with Gasteiger partial charge in [-0.3, -0.25) is 15.1 Å². The lowest BCUT2D eigenvalue weighted by atomic mass is 10.1. The SMILES string of the molecule is O=[N+]([O-])c1cnc(C2CC2)c(C(F)(F)F)c1. The van der Waals surface area contributed by atoms with E-state index in [1.807, 2.05) is 0 Å². The second-order valence-corrected chi connectivity index (χ2v) is 3.66. The van der Waals surface area contributed by atoms with Gasteiger partial charge in [-0.05, 0) is 12.8 Å². The molecule has 0 saturated heterocycles. The van der Waals surface area contributed by atoms with Crippen molar-refractivity contribution in [1.29, 1.82) is 0 Å². The van der Waals surface area contributed by atoms with Crippen LogP contribution < -0.4 is 0 Å². The summed E-state index contributed by atoms with van der Waals surface area (Å²) in [5, 5.41) is 10.4. The predicted octanol–water partition coefficient (Wildman–Crippen LogP) is 2.89. The molecule has 1 saturated carbocycles. The lowest BCUT2D eigenvalue weighted by Crippen LogP contribution is -2.11. The van der Waals surface area contributed by atoms with Gasteiger partial charge >= 0.3 is 6.18 Å². The highest BCUT2D eigenvalue weighted by atomic mass is 19.4. The van der Waals surface area contributed by atoms with Gasteiger partial charge in [0.05, 0.1) is 16.2 Å². The van der Waals surface area contributed by atoms with Crippen LogP contribution in [-0.4, -0.2) is 9.91 Å².